The van der Waals surface area contributed by atoms with Crippen molar-refractivity contribution in [3.63, 3.8) is 0 Å². The Balaban J connectivity index is 3.03. The molecule has 0 bridgehead atoms. The molecule has 0 spiro atoms. The van der Waals surface area contributed by atoms with E-state index in [9.17, 15) is 13.2 Å². The van der Waals surface area contributed by atoms with Crippen molar-refractivity contribution in [3.05, 3.63) is 35.1 Å². The van der Waals surface area contributed by atoms with Gasteiger partial charge in [0.25, 0.3) is 0 Å². The maximum Gasteiger partial charge on any atom is 0.161 e. The smallest absolute Gasteiger partial charge is 0.161 e. The van der Waals surface area contributed by atoms with Gasteiger partial charge in [0.1, 0.15) is 5.82 Å². The first kappa shape index (κ1) is 13.0. The van der Waals surface area contributed by atoms with Crippen molar-refractivity contribution >= 4 is 0 Å². The van der Waals surface area contributed by atoms with Crippen LogP contribution in [0.15, 0.2) is 12.1 Å². The molecule has 1 aromatic rings. The molecule has 0 radical (unpaired) electrons. The van der Waals surface area contributed by atoms with Crippen LogP contribution in [0, 0.1) is 17.5 Å². The molecule has 0 aliphatic carbocycles. The molecule has 16 heavy (non-hydrogen) atoms. The molecule has 5 heteroatoms. The molecule has 2 nitrogen and oxygen atoms in total. The second-order valence-electron chi connectivity index (χ2n) is 3.41. The molecular formula is C11H14F3NO. The highest BCUT2D eigenvalue weighted by atomic mass is 19.2. The van der Waals surface area contributed by atoms with E-state index in [0.29, 0.717) is 12.6 Å². The van der Waals surface area contributed by atoms with Gasteiger partial charge in [-0.3, -0.25) is 0 Å². The van der Waals surface area contributed by atoms with Gasteiger partial charge in [0.05, 0.1) is 0 Å². The number of rotatable bonds is 5. The third kappa shape index (κ3) is 2.96. The molecule has 2 N–H and O–H groups in total. The van der Waals surface area contributed by atoms with E-state index in [4.69, 9.17) is 5.11 Å². The van der Waals surface area contributed by atoms with Crippen LogP contribution in [0.2, 0.25) is 0 Å². The molecule has 0 aromatic heterocycles. The summed E-state index contributed by atoms with van der Waals surface area (Å²) in [7, 11) is 0. The van der Waals surface area contributed by atoms with Gasteiger partial charge < -0.3 is 10.4 Å². The Bertz CT molecular complexity index is 351. The van der Waals surface area contributed by atoms with Crippen molar-refractivity contribution in [2.24, 2.45) is 0 Å². The van der Waals surface area contributed by atoms with E-state index in [1.54, 1.807) is 0 Å². The Kier molecular flexibility index (Phi) is 4.76. The summed E-state index contributed by atoms with van der Waals surface area (Å²) in [6.07, 6.45) is 0.246. The zero-order valence-electron chi connectivity index (χ0n) is 8.93. The average molecular weight is 233 g/mol. The van der Waals surface area contributed by atoms with Crippen molar-refractivity contribution in [1.82, 2.24) is 5.32 Å². The molecule has 90 valence electrons. The average Bonchev–Trinajstić information content (AvgIpc) is 2.23. The Morgan fingerprint density at radius 1 is 1.19 bits per heavy atom. The van der Waals surface area contributed by atoms with Gasteiger partial charge in [0.2, 0.25) is 0 Å². The van der Waals surface area contributed by atoms with Crippen LogP contribution in [0.25, 0.3) is 0 Å². The van der Waals surface area contributed by atoms with Crippen LogP contribution in [0.3, 0.4) is 0 Å². The first-order valence-electron chi connectivity index (χ1n) is 5.08. The number of hydrogen-bond donors (Lipinski definition) is 2. The van der Waals surface area contributed by atoms with E-state index in [2.05, 4.69) is 5.32 Å². The number of hydrogen-bond acceptors (Lipinski definition) is 2. The van der Waals surface area contributed by atoms with Gasteiger partial charge in [-0.1, -0.05) is 6.92 Å². The van der Waals surface area contributed by atoms with Gasteiger partial charge in [0, 0.05) is 24.3 Å². The molecule has 0 aliphatic heterocycles. The lowest BCUT2D eigenvalue weighted by Crippen LogP contribution is -2.23. The molecule has 1 rings (SSSR count). The quantitative estimate of drug-likeness (QED) is 0.764. The summed E-state index contributed by atoms with van der Waals surface area (Å²) in [5.41, 5.74) is 0.0369. The first-order valence-corrected chi connectivity index (χ1v) is 5.08. The van der Waals surface area contributed by atoms with Gasteiger partial charge in [0.15, 0.2) is 11.6 Å². The summed E-state index contributed by atoms with van der Waals surface area (Å²) in [6, 6.07) is 0.838. The summed E-state index contributed by atoms with van der Waals surface area (Å²) >= 11 is 0. The predicted molar refractivity (Wildman–Crippen MR) is 54.4 cm³/mol. The number of aliphatic hydroxyl groups is 1. The maximum atomic E-state index is 13.4. The van der Waals surface area contributed by atoms with Gasteiger partial charge >= 0.3 is 0 Å². The fraction of sp³-hybridized carbons (Fsp3) is 0.455. The van der Waals surface area contributed by atoms with E-state index >= 15 is 0 Å². The number of benzene rings is 1. The van der Waals surface area contributed by atoms with Crippen LogP contribution in [0.4, 0.5) is 13.2 Å². The molecule has 0 saturated carbocycles. The summed E-state index contributed by atoms with van der Waals surface area (Å²) in [6.45, 7) is 2.20. The number of halogens is 3. The molecule has 1 atom stereocenters. The third-order valence-electron chi connectivity index (χ3n) is 2.28. The highest BCUT2D eigenvalue weighted by molar-refractivity contribution is 5.23. The number of nitrogens with one attached hydrogen (secondary N) is 1. The molecular weight excluding hydrogens is 219 g/mol. The molecule has 0 fully saturated rings. The zero-order valence-corrected chi connectivity index (χ0v) is 8.93. The van der Waals surface area contributed by atoms with Gasteiger partial charge in [-0.25, -0.2) is 13.2 Å². The van der Waals surface area contributed by atoms with E-state index in [1.165, 1.54) is 0 Å². The van der Waals surface area contributed by atoms with Crippen LogP contribution in [-0.4, -0.2) is 18.3 Å². The molecule has 0 heterocycles. The predicted octanol–water partition coefficient (Wildman–Crippen LogP) is 2.14. The van der Waals surface area contributed by atoms with E-state index in [0.717, 1.165) is 6.07 Å². The standard InChI is InChI=1S/C11H14F3NO/c1-2-15-11(3-4-16)7-5-9(13)10(14)6-8(7)12/h5-6,11,15-16H,2-4H2,1H3. The lowest BCUT2D eigenvalue weighted by atomic mass is 10.0. The van der Waals surface area contributed by atoms with Crippen molar-refractivity contribution in [2.75, 3.05) is 13.2 Å². The zero-order chi connectivity index (χ0) is 12.1. The fourth-order valence-corrected chi connectivity index (χ4v) is 1.55. The topological polar surface area (TPSA) is 32.3 Å². The fourth-order valence-electron chi connectivity index (χ4n) is 1.55. The van der Waals surface area contributed by atoms with Gasteiger partial charge in [-0.2, -0.15) is 0 Å². The van der Waals surface area contributed by atoms with Gasteiger partial charge in [-0.15, -0.1) is 0 Å². The lowest BCUT2D eigenvalue weighted by molar-refractivity contribution is 0.264. The first-order chi connectivity index (χ1) is 7.60. The molecule has 0 saturated heterocycles. The van der Waals surface area contributed by atoms with E-state index < -0.39 is 23.5 Å². The van der Waals surface area contributed by atoms with E-state index in [1.807, 2.05) is 6.92 Å². The SMILES string of the molecule is CCNC(CCO)c1cc(F)c(F)cc1F. The Morgan fingerprint density at radius 2 is 1.81 bits per heavy atom. The lowest BCUT2D eigenvalue weighted by Gasteiger charge is -2.18. The highest BCUT2D eigenvalue weighted by Gasteiger charge is 2.17. The minimum Gasteiger partial charge on any atom is -0.396 e. The molecule has 1 aromatic carbocycles. The second-order valence-corrected chi connectivity index (χ2v) is 3.41. The maximum absolute atomic E-state index is 13.4. The Labute approximate surface area is 92.1 Å². The Hall–Kier alpha value is -1.07. The van der Waals surface area contributed by atoms with Crippen LogP contribution in [0.1, 0.15) is 24.9 Å². The third-order valence-corrected chi connectivity index (χ3v) is 2.28. The largest absolute Gasteiger partial charge is 0.396 e. The minimum absolute atomic E-state index is 0.0369. The van der Waals surface area contributed by atoms with Crippen molar-refractivity contribution in [2.45, 2.75) is 19.4 Å². The second kappa shape index (κ2) is 5.86. The van der Waals surface area contributed by atoms with Crippen LogP contribution in [-0.2, 0) is 0 Å². The van der Waals surface area contributed by atoms with Crippen molar-refractivity contribution < 1.29 is 18.3 Å². The van der Waals surface area contributed by atoms with Crippen molar-refractivity contribution in [3.8, 4) is 0 Å². The summed E-state index contributed by atoms with van der Waals surface area (Å²) < 4.78 is 39.1. The summed E-state index contributed by atoms with van der Waals surface area (Å²) in [4.78, 5) is 0. The molecule has 0 amide bonds. The normalized spacial score (nSPS) is 12.8. The van der Waals surface area contributed by atoms with Crippen LogP contribution >= 0.6 is 0 Å². The number of aliphatic hydroxyl groups excluding tert-OH is 1. The molecule has 1 unspecified atom stereocenters. The van der Waals surface area contributed by atoms with Crippen molar-refractivity contribution in [1.29, 1.82) is 0 Å². The van der Waals surface area contributed by atoms with Crippen LogP contribution < -0.4 is 5.32 Å². The Morgan fingerprint density at radius 3 is 2.38 bits per heavy atom. The molecule has 0 aliphatic rings. The summed E-state index contributed by atoms with van der Waals surface area (Å²) in [5.74, 6) is -3.10. The minimum atomic E-state index is -1.21. The van der Waals surface area contributed by atoms with E-state index in [-0.39, 0.29) is 18.6 Å². The monoisotopic (exact) mass is 233 g/mol. The van der Waals surface area contributed by atoms with Crippen LogP contribution in [0.5, 0.6) is 0 Å². The van der Waals surface area contributed by atoms with Gasteiger partial charge in [-0.05, 0) is 19.0 Å². The highest BCUT2D eigenvalue weighted by Crippen LogP contribution is 2.22. The summed E-state index contributed by atoms with van der Waals surface area (Å²) in [5, 5.41) is 11.7.